The Hall–Kier alpha value is -3.18. The molecule has 4 aromatic rings. The van der Waals surface area contributed by atoms with Crippen LogP contribution in [0.5, 0.6) is 0 Å². The molecule has 134 valence electrons. The summed E-state index contributed by atoms with van der Waals surface area (Å²) in [5.74, 6) is 1.70. The highest BCUT2D eigenvalue weighted by atomic mass is 32.1. The second kappa shape index (κ2) is 7.60. The quantitative estimate of drug-likeness (QED) is 0.489. The molecule has 5 heteroatoms. The van der Waals surface area contributed by atoms with Crippen LogP contribution in [0, 0.1) is 0 Å². The van der Waals surface area contributed by atoms with Gasteiger partial charge in [0.2, 0.25) is 0 Å². The van der Waals surface area contributed by atoms with E-state index in [1.807, 2.05) is 43.3 Å². The number of pyridine rings is 1. The van der Waals surface area contributed by atoms with Crippen LogP contribution >= 0.6 is 11.3 Å². The Labute approximate surface area is 163 Å². The van der Waals surface area contributed by atoms with E-state index in [1.165, 1.54) is 11.1 Å². The van der Waals surface area contributed by atoms with Gasteiger partial charge in [-0.1, -0.05) is 60.7 Å². The summed E-state index contributed by atoms with van der Waals surface area (Å²) >= 11 is 1.58. The molecule has 2 aromatic heterocycles. The maximum atomic E-state index is 4.71. The monoisotopic (exact) mass is 372 g/mol. The Bertz CT molecular complexity index is 1020. The van der Waals surface area contributed by atoms with Gasteiger partial charge in [-0.05, 0) is 23.3 Å². The molecule has 4 rings (SSSR count). The number of aromatic nitrogens is 2. The average Bonchev–Trinajstić information content (AvgIpc) is 3.17. The number of rotatable bonds is 5. The van der Waals surface area contributed by atoms with E-state index < -0.39 is 0 Å². The van der Waals surface area contributed by atoms with Crippen molar-refractivity contribution in [2.24, 2.45) is 0 Å². The lowest BCUT2D eigenvalue weighted by atomic mass is 10.0. The second-order valence-electron chi connectivity index (χ2n) is 6.38. The van der Waals surface area contributed by atoms with E-state index >= 15 is 0 Å². The van der Waals surface area contributed by atoms with Crippen molar-refractivity contribution < 1.29 is 0 Å². The molecule has 0 aliphatic carbocycles. The molecule has 0 spiro atoms. The largest absolute Gasteiger partial charge is 0.363 e. The molecule has 4 nitrogen and oxygen atoms in total. The second-order valence-corrected chi connectivity index (χ2v) is 7.24. The summed E-state index contributed by atoms with van der Waals surface area (Å²) < 4.78 is 0. The maximum absolute atomic E-state index is 4.71. The molecule has 0 saturated heterocycles. The summed E-state index contributed by atoms with van der Waals surface area (Å²) in [6.45, 7) is 0. The van der Waals surface area contributed by atoms with Gasteiger partial charge in [0, 0.05) is 25.0 Å². The van der Waals surface area contributed by atoms with Gasteiger partial charge in [0.05, 0.1) is 5.69 Å². The number of benzene rings is 2. The third-order valence-electron chi connectivity index (χ3n) is 4.22. The highest BCUT2D eigenvalue weighted by molar-refractivity contribution is 7.14. The van der Waals surface area contributed by atoms with Gasteiger partial charge in [-0.3, -0.25) is 0 Å². The van der Waals surface area contributed by atoms with Gasteiger partial charge < -0.3 is 10.2 Å². The summed E-state index contributed by atoms with van der Waals surface area (Å²) in [7, 11) is 3.96. The van der Waals surface area contributed by atoms with Crippen LogP contribution in [0.25, 0.3) is 22.4 Å². The van der Waals surface area contributed by atoms with E-state index in [1.54, 1.807) is 11.3 Å². The van der Waals surface area contributed by atoms with Crippen LogP contribution in [0.2, 0.25) is 0 Å². The van der Waals surface area contributed by atoms with Crippen LogP contribution in [0.4, 0.5) is 16.8 Å². The molecule has 0 aliphatic heterocycles. The zero-order valence-electron chi connectivity index (χ0n) is 15.3. The molecule has 0 saturated carbocycles. The third kappa shape index (κ3) is 3.99. The molecule has 1 N–H and O–H groups in total. The Balaban J connectivity index is 1.52. The van der Waals surface area contributed by atoms with Crippen molar-refractivity contribution in [3.05, 3.63) is 78.2 Å². The normalized spacial score (nSPS) is 10.6. The molecule has 0 aliphatic rings. The lowest BCUT2D eigenvalue weighted by Gasteiger charge is -2.12. The van der Waals surface area contributed by atoms with Gasteiger partial charge in [0.1, 0.15) is 11.6 Å². The van der Waals surface area contributed by atoms with Crippen molar-refractivity contribution in [2.75, 3.05) is 24.3 Å². The topological polar surface area (TPSA) is 41.0 Å². The van der Waals surface area contributed by atoms with Crippen molar-refractivity contribution in [1.29, 1.82) is 0 Å². The minimum absolute atomic E-state index is 0.793. The lowest BCUT2D eigenvalue weighted by molar-refractivity contribution is 1.07. The summed E-state index contributed by atoms with van der Waals surface area (Å²) in [4.78, 5) is 11.3. The SMILES string of the molecule is CN(C)c1cccc(Nc2nc(-c3ccc(-c4ccccc4)cc3)cs2)n1. The zero-order chi connectivity index (χ0) is 18.6. The number of anilines is 3. The van der Waals surface area contributed by atoms with E-state index in [0.717, 1.165) is 28.0 Å². The van der Waals surface area contributed by atoms with Crippen molar-refractivity contribution in [3.63, 3.8) is 0 Å². The van der Waals surface area contributed by atoms with Gasteiger partial charge >= 0.3 is 0 Å². The number of nitrogens with one attached hydrogen (secondary N) is 1. The fraction of sp³-hybridized carbons (Fsp3) is 0.0909. The van der Waals surface area contributed by atoms with E-state index in [4.69, 9.17) is 4.98 Å². The van der Waals surface area contributed by atoms with Crippen molar-refractivity contribution in [3.8, 4) is 22.4 Å². The molecular formula is C22H20N4S. The molecule has 0 bridgehead atoms. The van der Waals surface area contributed by atoms with Gasteiger partial charge in [0.25, 0.3) is 0 Å². The first-order chi connectivity index (χ1) is 13.2. The van der Waals surface area contributed by atoms with Crippen molar-refractivity contribution in [2.45, 2.75) is 0 Å². The van der Waals surface area contributed by atoms with Gasteiger partial charge in [0.15, 0.2) is 5.13 Å². The zero-order valence-corrected chi connectivity index (χ0v) is 16.1. The first-order valence-electron chi connectivity index (χ1n) is 8.72. The Kier molecular flexibility index (Phi) is 4.85. The molecule has 27 heavy (non-hydrogen) atoms. The van der Waals surface area contributed by atoms with Crippen LogP contribution in [0.15, 0.2) is 78.2 Å². The standard InChI is InChI=1S/C22H20N4S/c1-26(2)21-10-6-9-20(24-21)25-22-23-19(15-27-22)18-13-11-17(12-14-18)16-7-4-3-5-8-16/h3-15H,1-2H3,(H,23,24,25). The predicted molar refractivity (Wildman–Crippen MR) is 115 cm³/mol. The van der Waals surface area contributed by atoms with Gasteiger partial charge in [-0.25, -0.2) is 9.97 Å². The van der Waals surface area contributed by atoms with Crippen LogP contribution in [-0.2, 0) is 0 Å². The van der Waals surface area contributed by atoms with Crippen LogP contribution in [0.3, 0.4) is 0 Å². The minimum atomic E-state index is 0.793. The molecule has 2 aromatic carbocycles. The van der Waals surface area contributed by atoms with Crippen LogP contribution < -0.4 is 10.2 Å². The lowest BCUT2D eigenvalue weighted by Crippen LogP contribution is -2.10. The van der Waals surface area contributed by atoms with Crippen LogP contribution in [0.1, 0.15) is 0 Å². The predicted octanol–water partition coefficient (Wildman–Crippen LogP) is 5.68. The minimum Gasteiger partial charge on any atom is -0.363 e. The number of hydrogen-bond acceptors (Lipinski definition) is 5. The highest BCUT2D eigenvalue weighted by Gasteiger charge is 2.07. The third-order valence-corrected chi connectivity index (χ3v) is 4.98. The molecule has 2 heterocycles. The van der Waals surface area contributed by atoms with Crippen molar-refractivity contribution >= 4 is 28.1 Å². The molecule has 0 unspecified atom stereocenters. The maximum Gasteiger partial charge on any atom is 0.188 e. The van der Waals surface area contributed by atoms with Crippen LogP contribution in [-0.4, -0.2) is 24.1 Å². The Morgan fingerprint density at radius 1 is 0.741 bits per heavy atom. The summed E-state index contributed by atoms with van der Waals surface area (Å²) in [6.07, 6.45) is 0. The highest BCUT2D eigenvalue weighted by Crippen LogP contribution is 2.29. The van der Waals surface area contributed by atoms with Gasteiger partial charge in [-0.15, -0.1) is 11.3 Å². The van der Waals surface area contributed by atoms with E-state index in [-0.39, 0.29) is 0 Å². The number of hydrogen-bond donors (Lipinski definition) is 1. The number of thiazole rings is 1. The fourth-order valence-corrected chi connectivity index (χ4v) is 3.51. The first kappa shape index (κ1) is 17.2. The average molecular weight is 372 g/mol. The van der Waals surface area contributed by atoms with E-state index in [9.17, 15) is 0 Å². The number of nitrogens with zero attached hydrogens (tertiary/aromatic N) is 3. The molecule has 0 atom stereocenters. The first-order valence-corrected chi connectivity index (χ1v) is 9.60. The Morgan fingerprint density at radius 2 is 1.44 bits per heavy atom. The Morgan fingerprint density at radius 3 is 2.19 bits per heavy atom. The molecule has 0 radical (unpaired) electrons. The molecular weight excluding hydrogens is 352 g/mol. The van der Waals surface area contributed by atoms with Crippen molar-refractivity contribution in [1.82, 2.24) is 9.97 Å². The summed E-state index contributed by atoms with van der Waals surface area (Å²) in [5.41, 5.74) is 4.49. The summed E-state index contributed by atoms with van der Waals surface area (Å²) in [6, 6.07) is 24.8. The molecule has 0 fully saturated rings. The van der Waals surface area contributed by atoms with Gasteiger partial charge in [-0.2, -0.15) is 0 Å². The van der Waals surface area contributed by atoms with E-state index in [2.05, 4.69) is 64.2 Å². The summed E-state index contributed by atoms with van der Waals surface area (Å²) in [5, 5.41) is 6.20. The fourth-order valence-electron chi connectivity index (χ4n) is 2.78. The smallest absolute Gasteiger partial charge is 0.188 e. The van der Waals surface area contributed by atoms with E-state index in [0.29, 0.717) is 0 Å². The molecule has 0 amide bonds.